The van der Waals surface area contributed by atoms with E-state index in [9.17, 15) is 0 Å². The number of benzene rings is 3. The highest BCUT2D eigenvalue weighted by molar-refractivity contribution is 7.47. The van der Waals surface area contributed by atoms with Crippen LogP contribution in [-0.4, -0.2) is 12.5 Å². The first kappa shape index (κ1) is 49.1. The lowest BCUT2D eigenvalue weighted by molar-refractivity contribution is 0.213. The van der Waals surface area contributed by atoms with Crippen LogP contribution in [0.2, 0.25) is 0 Å². The Bertz CT molecular complexity index is 2640. The van der Waals surface area contributed by atoms with Gasteiger partial charge in [-0.25, -0.2) is 0 Å². The van der Waals surface area contributed by atoms with Crippen molar-refractivity contribution in [3.05, 3.63) is 207 Å². The molecule has 3 atom stereocenters. The van der Waals surface area contributed by atoms with Gasteiger partial charge < -0.3 is 22.8 Å². The van der Waals surface area contributed by atoms with Crippen LogP contribution in [0.5, 0.6) is 11.5 Å². The summed E-state index contributed by atoms with van der Waals surface area (Å²) in [6, 6.07) is 18.7. The maximum atomic E-state index is 7.35. The molecule has 340 valence electrons. The fraction of sp³-hybridized carbons (Fsp3) is 0.298. The first-order chi connectivity index (χ1) is 31.0. The minimum absolute atomic E-state index is 0.154. The van der Waals surface area contributed by atoms with Crippen molar-refractivity contribution < 1.29 is 27.4 Å². The average Bonchev–Trinajstić information content (AvgIpc) is 3.52. The molecule has 0 aromatic heterocycles. The lowest BCUT2D eigenvalue weighted by Crippen LogP contribution is -2.33. The average molecular weight is 909 g/mol. The summed E-state index contributed by atoms with van der Waals surface area (Å²) in [5.41, 5.74) is 7.79. The molecule has 2 aliphatic heterocycles. The molecule has 0 fully saturated rings. The van der Waals surface area contributed by atoms with Crippen molar-refractivity contribution in [3.8, 4) is 11.5 Å². The molecule has 65 heavy (non-hydrogen) atoms. The molecule has 0 radical (unpaired) electrons. The molecule has 3 aromatic rings. The summed E-state index contributed by atoms with van der Waals surface area (Å²) in [7, 11) is -3.76. The van der Waals surface area contributed by atoms with Gasteiger partial charge in [-0.05, 0) is 109 Å². The molecule has 3 aromatic carbocycles. The van der Waals surface area contributed by atoms with Crippen LogP contribution < -0.4 is 19.5 Å². The second kappa shape index (κ2) is 22.2. The molecule has 0 amide bonds. The van der Waals surface area contributed by atoms with Crippen molar-refractivity contribution in [2.24, 2.45) is 5.41 Å². The van der Waals surface area contributed by atoms with Crippen LogP contribution in [0.3, 0.4) is 0 Å². The Labute approximate surface area is 391 Å². The molecule has 3 aliphatic rings. The smallest absolute Gasteiger partial charge is 0.463 e. The minimum atomic E-state index is -2.03. The van der Waals surface area contributed by atoms with Gasteiger partial charge in [-0.15, -0.1) is 0 Å². The number of ether oxygens (including phenoxy) is 1. The van der Waals surface area contributed by atoms with E-state index in [0.717, 1.165) is 55.2 Å². The second-order valence-corrected chi connectivity index (χ2v) is 20.6. The second-order valence-electron chi connectivity index (χ2n) is 18.3. The molecule has 0 bridgehead atoms. The van der Waals surface area contributed by atoms with Crippen LogP contribution in [0.4, 0.5) is 0 Å². The third kappa shape index (κ3) is 12.9. The topological polar surface area (TPSA) is 55.4 Å². The summed E-state index contributed by atoms with van der Waals surface area (Å²) >= 11 is 0. The largest absolute Gasteiger partial charge is 0.486 e. The molecule has 0 saturated heterocycles. The van der Waals surface area contributed by atoms with Crippen molar-refractivity contribution in [1.82, 2.24) is 0 Å². The molecule has 2 heterocycles. The normalized spacial score (nSPS) is 24.2. The summed E-state index contributed by atoms with van der Waals surface area (Å²) < 4.78 is 41.0. The Kier molecular flexibility index (Phi) is 16.8. The van der Waals surface area contributed by atoms with Crippen molar-refractivity contribution in [2.45, 2.75) is 101 Å². The van der Waals surface area contributed by atoms with E-state index in [2.05, 4.69) is 115 Å². The summed E-state index contributed by atoms with van der Waals surface area (Å²) in [4.78, 5) is 0. The zero-order valence-electron chi connectivity index (χ0n) is 40.1. The summed E-state index contributed by atoms with van der Waals surface area (Å²) in [5, 5.41) is 2.03. The Morgan fingerprint density at radius 1 is 0.831 bits per heavy atom. The van der Waals surface area contributed by atoms with E-state index in [1.807, 2.05) is 107 Å². The van der Waals surface area contributed by atoms with Crippen LogP contribution in [0, 0.1) is 5.41 Å². The van der Waals surface area contributed by atoms with E-state index < -0.39 is 17.0 Å². The summed E-state index contributed by atoms with van der Waals surface area (Å²) in [5.74, 6) is 3.21. The van der Waals surface area contributed by atoms with Gasteiger partial charge in [0.05, 0.1) is 6.10 Å². The maximum Gasteiger partial charge on any atom is 0.463 e. The van der Waals surface area contributed by atoms with E-state index >= 15 is 0 Å². The van der Waals surface area contributed by atoms with E-state index in [-0.39, 0.29) is 23.3 Å². The highest BCUT2D eigenvalue weighted by Gasteiger charge is 2.32. The standard InChI is InChI=1S/C57H66O6P2/c1-13-27-45-30-19-14-17-28-40(2)59-64(39-58-43(45)5)62-53-38-51(57(10,11)12)48-34-21-16-22-35-50(48)55(53)54(49-36-25-24-33-47(49)42(4)56(7,8)9)44(6)61-65-60-41(3)29-18-15-20-31-46-32-23-26-37-52(46)63-65/h13-30,32-34,36-38,41H,6,31,35,39H2,1-5,7-12H3/b17-14+,20-15-,27-13-,29-18-,30-19+,40-28+,45-43-,47-42+,54-49+. The van der Waals surface area contributed by atoms with Crippen LogP contribution in [0.1, 0.15) is 104 Å². The van der Waals surface area contributed by atoms with Gasteiger partial charge in [0.25, 0.3) is 0 Å². The molecule has 6 nitrogen and oxygen atoms in total. The fourth-order valence-corrected chi connectivity index (χ4v) is 9.82. The van der Waals surface area contributed by atoms with Crippen LogP contribution in [-0.2, 0) is 36.6 Å². The molecule has 0 N–H and O–H groups in total. The molecule has 8 heteroatoms. The van der Waals surface area contributed by atoms with Gasteiger partial charge >= 0.3 is 17.0 Å². The monoisotopic (exact) mass is 908 g/mol. The van der Waals surface area contributed by atoms with Gasteiger partial charge in [0, 0.05) is 16.7 Å². The third-order valence-electron chi connectivity index (χ3n) is 11.3. The number of hydrogen-bond acceptors (Lipinski definition) is 6. The SMILES string of the molecule is C=C(OP1Oc2ccccc2C/C=C\C=C/C(C)O1)/C(c1c(OP2CO/C(C)=C(/C=C\C)\C=C\C=C\C=C(/C)O2)cc(C(C)(C)C)c2c1CC=CC=C2)=c1/cccc/c1=C(/C)C(C)(C)C. The van der Waals surface area contributed by atoms with Gasteiger partial charge in [-0.1, -0.05) is 181 Å². The molecular weight excluding hydrogens is 843 g/mol. The van der Waals surface area contributed by atoms with E-state index in [1.165, 1.54) is 5.57 Å². The van der Waals surface area contributed by atoms with E-state index in [0.29, 0.717) is 35.9 Å². The molecule has 6 rings (SSSR count). The zero-order chi connectivity index (χ0) is 46.7. The number of allylic oxidation sites excluding steroid dienone is 17. The Hall–Kier alpha value is -5.38. The predicted molar refractivity (Wildman–Crippen MR) is 275 cm³/mol. The lowest BCUT2D eigenvalue weighted by Gasteiger charge is -2.30. The third-order valence-corrected chi connectivity index (χ3v) is 13.7. The van der Waals surface area contributed by atoms with Crippen molar-refractivity contribution >= 4 is 34.2 Å². The van der Waals surface area contributed by atoms with Gasteiger partial charge in [-0.3, -0.25) is 4.52 Å². The molecule has 1 aliphatic carbocycles. The number of para-hydroxylation sites is 1. The van der Waals surface area contributed by atoms with E-state index in [1.54, 1.807) is 0 Å². The maximum absolute atomic E-state index is 7.35. The van der Waals surface area contributed by atoms with Crippen molar-refractivity contribution in [1.29, 1.82) is 0 Å². The molecule has 3 unspecified atom stereocenters. The molecular formula is C57H66O6P2. The minimum Gasteiger partial charge on any atom is -0.486 e. The van der Waals surface area contributed by atoms with Crippen molar-refractivity contribution in [2.75, 3.05) is 6.35 Å². The molecule has 0 saturated carbocycles. The highest BCUT2D eigenvalue weighted by Crippen LogP contribution is 2.52. The lowest BCUT2D eigenvalue weighted by atomic mass is 9.78. The van der Waals surface area contributed by atoms with Crippen LogP contribution >= 0.6 is 17.0 Å². The number of hydrogen-bond donors (Lipinski definition) is 0. The molecule has 0 spiro atoms. The summed E-state index contributed by atoms with van der Waals surface area (Å²) in [6.45, 7) is 28.4. The predicted octanol–water partition coefficient (Wildman–Crippen LogP) is 15.0. The quantitative estimate of drug-likeness (QED) is 0.174. The first-order valence-corrected chi connectivity index (χ1v) is 24.9. The van der Waals surface area contributed by atoms with Gasteiger partial charge in [0.15, 0.2) is 6.35 Å². The van der Waals surface area contributed by atoms with Crippen LogP contribution in [0.15, 0.2) is 169 Å². The van der Waals surface area contributed by atoms with Crippen molar-refractivity contribution in [3.63, 3.8) is 0 Å². The number of rotatable bonds is 7. The number of fused-ring (bicyclic) bond motifs is 2. The fourth-order valence-electron chi connectivity index (χ4n) is 7.56. The first-order valence-electron chi connectivity index (χ1n) is 22.4. The van der Waals surface area contributed by atoms with Crippen LogP contribution in [0.25, 0.3) is 17.2 Å². The van der Waals surface area contributed by atoms with E-state index in [4.69, 9.17) is 33.9 Å². The van der Waals surface area contributed by atoms with Gasteiger partial charge in [-0.2, -0.15) is 0 Å². The summed E-state index contributed by atoms with van der Waals surface area (Å²) in [6.07, 6.45) is 32.0. The Balaban J connectivity index is 1.66. The zero-order valence-corrected chi connectivity index (χ0v) is 41.9. The highest BCUT2D eigenvalue weighted by atomic mass is 31.2. The van der Waals surface area contributed by atoms with Gasteiger partial charge in [0.2, 0.25) is 0 Å². The Morgan fingerprint density at radius 2 is 1.54 bits per heavy atom. The Morgan fingerprint density at radius 3 is 2.29 bits per heavy atom. The van der Waals surface area contributed by atoms with Gasteiger partial charge in [0.1, 0.15) is 28.8 Å².